The van der Waals surface area contributed by atoms with Gasteiger partial charge in [0, 0.05) is 18.2 Å². The minimum absolute atomic E-state index is 0.359. The molecule has 0 saturated heterocycles. The predicted molar refractivity (Wildman–Crippen MR) is 64.8 cm³/mol. The van der Waals surface area contributed by atoms with E-state index < -0.39 is 0 Å². The van der Waals surface area contributed by atoms with E-state index in [-0.39, 0.29) is 0 Å². The molecule has 0 spiro atoms. The van der Waals surface area contributed by atoms with Gasteiger partial charge >= 0.3 is 0 Å². The lowest BCUT2D eigenvalue weighted by molar-refractivity contribution is 0.239. The summed E-state index contributed by atoms with van der Waals surface area (Å²) < 4.78 is 0.767. The molecule has 1 aliphatic carbocycles. The number of nitrogens with one attached hydrogen (secondary N) is 1. The molecule has 1 fully saturated rings. The van der Waals surface area contributed by atoms with Gasteiger partial charge in [-0.3, -0.25) is 0 Å². The zero-order valence-corrected chi connectivity index (χ0v) is 10.4. The van der Waals surface area contributed by atoms with Crippen molar-refractivity contribution in [2.24, 2.45) is 5.92 Å². The molecule has 0 amide bonds. The molecule has 15 heavy (non-hydrogen) atoms. The second kappa shape index (κ2) is 4.54. The number of hydrogen-bond donors (Lipinski definition) is 2. The smallest absolute Gasteiger partial charge is 0.134 e. The largest absolute Gasteiger partial charge is 0.506 e. The maximum Gasteiger partial charge on any atom is 0.134 e. The number of halogens is 1. The van der Waals surface area contributed by atoms with E-state index in [1.54, 1.807) is 0 Å². The standard InChI is InChI=1S/C12H16BrNO/c1-8-5-10(6-8)14-7-9-3-2-4-11(13)12(9)15/h2-4,8,10,14-15H,5-7H2,1H3. The molecule has 0 atom stereocenters. The number of benzene rings is 1. The molecule has 1 aromatic carbocycles. The summed E-state index contributed by atoms with van der Waals surface area (Å²) in [4.78, 5) is 0. The minimum Gasteiger partial charge on any atom is -0.506 e. The summed E-state index contributed by atoms with van der Waals surface area (Å²) in [5.74, 6) is 1.22. The molecule has 0 aliphatic heterocycles. The fourth-order valence-electron chi connectivity index (χ4n) is 2.03. The van der Waals surface area contributed by atoms with Crippen LogP contribution in [0, 0.1) is 5.92 Å². The highest BCUT2D eigenvalue weighted by atomic mass is 79.9. The first kappa shape index (κ1) is 11.0. The lowest BCUT2D eigenvalue weighted by Crippen LogP contribution is -2.39. The molecule has 1 aromatic rings. The van der Waals surface area contributed by atoms with E-state index in [1.165, 1.54) is 12.8 Å². The first-order chi connectivity index (χ1) is 7.16. The lowest BCUT2D eigenvalue weighted by atomic mass is 9.82. The van der Waals surface area contributed by atoms with Crippen LogP contribution in [0.25, 0.3) is 0 Å². The van der Waals surface area contributed by atoms with Crippen molar-refractivity contribution < 1.29 is 5.11 Å². The van der Waals surface area contributed by atoms with Gasteiger partial charge in [0.1, 0.15) is 5.75 Å². The SMILES string of the molecule is CC1CC(NCc2cccc(Br)c2O)C1. The molecule has 1 aliphatic rings. The summed E-state index contributed by atoms with van der Waals surface area (Å²) >= 11 is 3.32. The average Bonchev–Trinajstić information content (AvgIpc) is 2.17. The van der Waals surface area contributed by atoms with Gasteiger partial charge < -0.3 is 10.4 Å². The van der Waals surface area contributed by atoms with E-state index in [4.69, 9.17) is 0 Å². The van der Waals surface area contributed by atoms with Crippen LogP contribution in [0.15, 0.2) is 22.7 Å². The molecule has 0 aromatic heterocycles. The van der Waals surface area contributed by atoms with E-state index in [2.05, 4.69) is 28.2 Å². The van der Waals surface area contributed by atoms with Crippen LogP contribution in [0.1, 0.15) is 25.3 Å². The van der Waals surface area contributed by atoms with E-state index in [1.807, 2.05) is 18.2 Å². The molecular weight excluding hydrogens is 254 g/mol. The molecule has 82 valence electrons. The molecule has 2 rings (SSSR count). The zero-order chi connectivity index (χ0) is 10.8. The highest BCUT2D eigenvalue weighted by molar-refractivity contribution is 9.10. The van der Waals surface area contributed by atoms with Crippen LogP contribution < -0.4 is 5.32 Å². The third-order valence-electron chi connectivity index (χ3n) is 3.03. The second-order valence-electron chi connectivity index (χ2n) is 4.40. The lowest BCUT2D eigenvalue weighted by Gasteiger charge is -2.33. The third-order valence-corrected chi connectivity index (χ3v) is 3.67. The molecule has 1 saturated carbocycles. The predicted octanol–water partition coefficient (Wildman–Crippen LogP) is 3.04. The van der Waals surface area contributed by atoms with Gasteiger partial charge in [0.25, 0.3) is 0 Å². The Hall–Kier alpha value is -0.540. The Morgan fingerprint density at radius 3 is 2.87 bits per heavy atom. The summed E-state index contributed by atoms with van der Waals surface area (Å²) in [6.07, 6.45) is 2.52. The zero-order valence-electron chi connectivity index (χ0n) is 8.83. The van der Waals surface area contributed by atoms with Crippen molar-refractivity contribution in [1.82, 2.24) is 5.32 Å². The molecule has 0 unspecified atom stereocenters. The fraction of sp³-hybridized carbons (Fsp3) is 0.500. The van der Waals surface area contributed by atoms with Crippen LogP contribution in [0.5, 0.6) is 5.75 Å². The summed E-state index contributed by atoms with van der Waals surface area (Å²) in [5, 5.41) is 13.2. The summed E-state index contributed by atoms with van der Waals surface area (Å²) in [7, 11) is 0. The van der Waals surface area contributed by atoms with Crippen LogP contribution in [-0.2, 0) is 6.54 Å². The Labute approximate surface area is 98.8 Å². The van der Waals surface area contributed by atoms with Crippen LogP contribution >= 0.6 is 15.9 Å². The topological polar surface area (TPSA) is 32.3 Å². The highest BCUT2D eigenvalue weighted by Crippen LogP contribution is 2.29. The van der Waals surface area contributed by atoms with Crippen molar-refractivity contribution in [2.45, 2.75) is 32.4 Å². The van der Waals surface area contributed by atoms with Gasteiger partial charge in [-0.05, 0) is 40.8 Å². The minimum atomic E-state index is 0.359. The number of aromatic hydroxyl groups is 1. The molecular formula is C12H16BrNO. The number of para-hydroxylation sites is 1. The van der Waals surface area contributed by atoms with E-state index in [0.717, 1.165) is 22.5 Å². The first-order valence-corrected chi connectivity index (χ1v) is 6.16. The van der Waals surface area contributed by atoms with Gasteiger partial charge in [0.05, 0.1) is 4.47 Å². The molecule has 0 heterocycles. The Kier molecular flexibility index (Phi) is 3.32. The maximum atomic E-state index is 9.77. The quantitative estimate of drug-likeness (QED) is 0.884. The van der Waals surface area contributed by atoms with Gasteiger partial charge in [0.2, 0.25) is 0 Å². The molecule has 0 bridgehead atoms. The molecule has 2 nitrogen and oxygen atoms in total. The Bertz CT molecular complexity index is 347. The first-order valence-electron chi connectivity index (χ1n) is 5.36. The van der Waals surface area contributed by atoms with E-state index >= 15 is 0 Å². The number of phenols is 1. The van der Waals surface area contributed by atoms with Crippen LogP contribution in [0.2, 0.25) is 0 Å². The van der Waals surface area contributed by atoms with Crippen molar-refractivity contribution in [2.75, 3.05) is 0 Å². The Balaban J connectivity index is 1.91. The maximum absolute atomic E-state index is 9.77. The van der Waals surface area contributed by atoms with Gasteiger partial charge in [-0.1, -0.05) is 19.1 Å². The fourth-order valence-corrected chi connectivity index (χ4v) is 2.43. The monoisotopic (exact) mass is 269 g/mol. The summed E-state index contributed by atoms with van der Waals surface area (Å²) in [6, 6.07) is 6.39. The Morgan fingerprint density at radius 2 is 2.20 bits per heavy atom. The summed E-state index contributed by atoms with van der Waals surface area (Å²) in [6.45, 7) is 3.03. The van der Waals surface area contributed by atoms with Crippen molar-refractivity contribution in [3.8, 4) is 5.75 Å². The van der Waals surface area contributed by atoms with Gasteiger partial charge in [-0.25, -0.2) is 0 Å². The normalized spacial score (nSPS) is 24.9. The molecule has 0 radical (unpaired) electrons. The van der Waals surface area contributed by atoms with E-state index in [0.29, 0.717) is 11.8 Å². The molecule has 3 heteroatoms. The third kappa shape index (κ3) is 2.52. The summed E-state index contributed by atoms with van der Waals surface area (Å²) in [5.41, 5.74) is 0.962. The average molecular weight is 270 g/mol. The van der Waals surface area contributed by atoms with E-state index in [9.17, 15) is 5.11 Å². The number of phenolic OH excluding ortho intramolecular Hbond substituents is 1. The van der Waals surface area contributed by atoms with Crippen molar-refractivity contribution in [1.29, 1.82) is 0 Å². The van der Waals surface area contributed by atoms with Gasteiger partial charge in [-0.15, -0.1) is 0 Å². The van der Waals surface area contributed by atoms with Crippen molar-refractivity contribution in [3.63, 3.8) is 0 Å². The van der Waals surface area contributed by atoms with Crippen LogP contribution in [0.3, 0.4) is 0 Å². The van der Waals surface area contributed by atoms with Gasteiger partial charge in [-0.2, -0.15) is 0 Å². The molecule has 2 N–H and O–H groups in total. The van der Waals surface area contributed by atoms with Crippen LogP contribution in [-0.4, -0.2) is 11.1 Å². The Morgan fingerprint density at radius 1 is 1.47 bits per heavy atom. The number of hydrogen-bond acceptors (Lipinski definition) is 2. The second-order valence-corrected chi connectivity index (χ2v) is 5.26. The highest BCUT2D eigenvalue weighted by Gasteiger charge is 2.24. The van der Waals surface area contributed by atoms with Crippen molar-refractivity contribution >= 4 is 15.9 Å². The van der Waals surface area contributed by atoms with Gasteiger partial charge in [0.15, 0.2) is 0 Å². The number of rotatable bonds is 3. The van der Waals surface area contributed by atoms with Crippen molar-refractivity contribution in [3.05, 3.63) is 28.2 Å². The van der Waals surface area contributed by atoms with Crippen LogP contribution in [0.4, 0.5) is 0 Å².